The molecule has 1 fully saturated rings. The van der Waals surface area contributed by atoms with Crippen LogP contribution in [0.1, 0.15) is 20.8 Å². The van der Waals surface area contributed by atoms with Gasteiger partial charge in [-0.1, -0.05) is 12.1 Å². The highest BCUT2D eigenvalue weighted by Gasteiger charge is 2.22. The van der Waals surface area contributed by atoms with E-state index in [4.69, 9.17) is 4.74 Å². The molecule has 0 spiro atoms. The largest absolute Gasteiger partial charge is 0.495 e. The summed E-state index contributed by atoms with van der Waals surface area (Å²) in [4.78, 5) is 8.99. The third-order valence-corrected chi connectivity index (χ3v) is 6.41. The van der Waals surface area contributed by atoms with E-state index in [1.807, 2.05) is 39.0 Å². The zero-order valence-electron chi connectivity index (χ0n) is 16.6. The molecule has 1 aliphatic heterocycles. The molecule has 1 N–H and O–H groups in total. The van der Waals surface area contributed by atoms with Crippen LogP contribution in [0, 0.1) is 0 Å². The maximum absolute atomic E-state index is 12.2. The van der Waals surface area contributed by atoms with Gasteiger partial charge < -0.3 is 19.9 Å². The van der Waals surface area contributed by atoms with Crippen LogP contribution in [0.2, 0.25) is 0 Å². The van der Waals surface area contributed by atoms with Crippen molar-refractivity contribution in [1.82, 2.24) is 10.2 Å². The average molecular weight is 381 g/mol. The van der Waals surface area contributed by atoms with Crippen molar-refractivity contribution in [2.24, 2.45) is 4.99 Å². The molecule has 0 amide bonds. The van der Waals surface area contributed by atoms with Gasteiger partial charge in [0.25, 0.3) is 0 Å². The second-order valence-electron chi connectivity index (χ2n) is 7.28. The van der Waals surface area contributed by atoms with E-state index in [0.29, 0.717) is 12.3 Å². The first-order chi connectivity index (χ1) is 12.4. The number of methoxy groups -OCH3 is 1. The van der Waals surface area contributed by atoms with Crippen LogP contribution in [0.3, 0.4) is 0 Å². The summed E-state index contributed by atoms with van der Waals surface area (Å²) in [5.74, 6) is 2.42. The predicted molar refractivity (Wildman–Crippen MR) is 111 cm³/mol. The highest BCUT2D eigenvalue weighted by atomic mass is 32.2. The first-order valence-electron chi connectivity index (χ1n) is 9.09. The molecule has 1 heterocycles. The predicted octanol–water partition coefficient (Wildman–Crippen LogP) is 1.94. The Kier molecular flexibility index (Phi) is 7.32. The van der Waals surface area contributed by atoms with Crippen molar-refractivity contribution in [3.63, 3.8) is 0 Å². The van der Waals surface area contributed by atoms with Gasteiger partial charge in [0.2, 0.25) is 0 Å². The Labute approximate surface area is 160 Å². The lowest BCUT2D eigenvalue weighted by molar-refractivity contribution is 0.368. The molecule has 6 nitrogen and oxygen atoms in total. The number of hydrogen-bond donors (Lipinski definition) is 1. The molecule has 1 aromatic carbocycles. The van der Waals surface area contributed by atoms with Crippen LogP contribution in [0.25, 0.3) is 0 Å². The summed E-state index contributed by atoms with van der Waals surface area (Å²) >= 11 is 0. The molecule has 146 valence electrons. The summed E-state index contributed by atoms with van der Waals surface area (Å²) in [7, 11) is 2.66. The van der Waals surface area contributed by atoms with Crippen molar-refractivity contribution in [1.29, 1.82) is 0 Å². The second-order valence-corrected chi connectivity index (χ2v) is 9.61. The molecule has 0 bridgehead atoms. The molecule has 1 atom stereocenters. The van der Waals surface area contributed by atoms with Crippen molar-refractivity contribution < 1.29 is 8.95 Å². The van der Waals surface area contributed by atoms with Crippen LogP contribution in [0.4, 0.5) is 5.69 Å². The summed E-state index contributed by atoms with van der Waals surface area (Å²) in [6, 6.07) is 8.13. The van der Waals surface area contributed by atoms with Crippen LogP contribution in [0.15, 0.2) is 29.3 Å². The van der Waals surface area contributed by atoms with Crippen molar-refractivity contribution in [3.8, 4) is 5.75 Å². The normalized spacial score (nSPS) is 17.2. The number of piperazine rings is 1. The molecule has 0 saturated carbocycles. The molecule has 7 heteroatoms. The third-order valence-electron chi connectivity index (χ3n) is 4.47. The van der Waals surface area contributed by atoms with E-state index in [9.17, 15) is 4.21 Å². The highest BCUT2D eigenvalue weighted by Crippen LogP contribution is 2.28. The quantitative estimate of drug-likeness (QED) is 0.625. The smallest absolute Gasteiger partial charge is 0.193 e. The van der Waals surface area contributed by atoms with Gasteiger partial charge in [0.1, 0.15) is 5.75 Å². The fraction of sp³-hybridized carbons (Fsp3) is 0.632. The number of guanidine groups is 1. The number of para-hydroxylation sites is 2. The van der Waals surface area contributed by atoms with Gasteiger partial charge in [-0.25, -0.2) is 0 Å². The molecule has 1 unspecified atom stereocenters. The van der Waals surface area contributed by atoms with E-state index in [1.54, 1.807) is 14.2 Å². The van der Waals surface area contributed by atoms with E-state index in [2.05, 4.69) is 26.2 Å². The monoisotopic (exact) mass is 380 g/mol. The van der Waals surface area contributed by atoms with E-state index < -0.39 is 10.8 Å². The number of aliphatic imine (C=N–C) groups is 1. The van der Waals surface area contributed by atoms with Crippen LogP contribution in [-0.4, -0.2) is 72.4 Å². The average Bonchev–Trinajstić information content (AvgIpc) is 2.64. The number of rotatable bonds is 5. The lowest BCUT2D eigenvalue weighted by atomic mass is 10.2. The number of hydrogen-bond acceptors (Lipinski definition) is 4. The Hall–Kier alpha value is -1.76. The fourth-order valence-electron chi connectivity index (χ4n) is 2.94. The molecule has 0 aromatic heterocycles. The van der Waals surface area contributed by atoms with Crippen molar-refractivity contribution in [3.05, 3.63) is 24.3 Å². The SMILES string of the molecule is CN=C(NCCS(=O)C(C)(C)C)N1CCN(c2ccccc2OC)CC1. The van der Waals surface area contributed by atoms with Crippen molar-refractivity contribution >= 4 is 22.4 Å². The van der Waals surface area contributed by atoms with E-state index >= 15 is 0 Å². The molecule has 26 heavy (non-hydrogen) atoms. The molecule has 1 aliphatic rings. The summed E-state index contributed by atoms with van der Waals surface area (Å²) in [5, 5.41) is 3.36. The summed E-state index contributed by atoms with van der Waals surface area (Å²) in [6.45, 7) is 10.3. The van der Waals surface area contributed by atoms with Crippen LogP contribution < -0.4 is 15.0 Å². The van der Waals surface area contributed by atoms with Gasteiger partial charge >= 0.3 is 0 Å². The number of ether oxygens (including phenoxy) is 1. The maximum Gasteiger partial charge on any atom is 0.193 e. The summed E-state index contributed by atoms with van der Waals surface area (Å²) in [6.07, 6.45) is 0. The third kappa shape index (κ3) is 5.37. The Balaban J connectivity index is 1.86. The standard InChI is InChI=1S/C19H32N4O2S/c1-19(2,3)26(24)15-10-21-18(20-4)23-13-11-22(12-14-23)16-8-6-7-9-17(16)25-5/h6-9H,10-15H2,1-5H3,(H,20,21). The minimum absolute atomic E-state index is 0.175. The van der Waals surface area contributed by atoms with Crippen LogP contribution in [0.5, 0.6) is 5.75 Å². The topological polar surface area (TPSA) is 57.2 Å². The van der Waals surface area contributed by atoms with Crippen LogP contribution >= 0.6 is 0 Å². The highest BCUT2D eigenvalue weighted by molar-refractivity contribution is 7.86. The number of benzene rings is 1. The lowest BCUT2D eigenvalue weighted by Gasteiger charge is -2.38. The Bertz CT molecular complexity index is 635. The van der Waals surface area contributed by atoms with E-state index in [-0.39, 0.29) is 4.75 Å². The van der Waals surface area contributed by atoms with Crippen molar-refractivity contribution in [2.45, 2.75) is 25.5 Å². The summed E-state index contributed by atoms with van der Waals surface area (Å²) in [5.41, 5.74) is 1.14. The fourth-order valence-corrected chi connectivity index (χ4v) is 3.84. The summed E-state index contributed by atoms with van der Waals surface area (Å²) < 4.78 is 17.5. The van der Waals surface area contributed by atoms with Gasteiger partial charge in [-0.3, -0.25) is 9.20 Å². The molecular weight excluding hydrogens is 348 g/mol. The minimum Gasteiger partial charge on any atom is -0.495 e. The number of nitrogens with zero attached hydrogens (tertiary/aromatic N) is 3. The van der Waals surface area contributed by atoms with Gasteiger partial charge in [0.15, 0.2) is 5.96 Å². The molecule has 1 aromatic rings. The minimum atomic E-state index is -0.853. The Morgan fingerprint density at radius 1 is 1.23 bits per heavy atom. The lowest BCUT2D eigenvalue weighted by Crippen LogP contribution is -2.53. The van der Waals surface area contributed by atoms with Gasteiger partial charge in [0.05, 0.1) is 12.8 Å². The van der Waals surface area contributed by atoms with Gasteiger partial charge in [-0.2, -0.15) is 0 Å². The molecule has 1 saturated heterocycles. The Morgan fingerprint density at radius 2 is 1.88 bits per heavy atom. The molecule has 0 radical (unpaired) electrons. The van der Waals surface area contributed by atoms with Gasteiger partial charge in [0, 0.05) is 61.1 Å². The zero-order valence-corrected chi connectivity index (χ0v) is 17.4. The molecule has 2 rings (SSSR count). The van der Waals surface area contributed by atoms with Gasteiger partial charge in [-0.05, 0) is 32.9 Å². The Morgan fingerprint density at radius 3 is 2.46 bits per heavy atom. The molecule has 0 aliphatic carbocycles. The van der Waals surface area contributed by atoms with E-state index in [1.165, 1.54) is 0 Å². The maximum atomic E-state index is 12.2. The zero-order chi connectivity index (χ0) is 19.2. The first-order valence-corrected chi connectivity index (χ1v) is 10.4. The van der Waals surface area contributed by atoms with Gasteiger partial charge in [-0.15, -0.1) is 0 Å². The molecular formula is C19H32N4O2S. The number of nitrogens with one attached hydrogen (secondary N) is 1. The first kappa shape index (κ1) is 20.6. The van der Waals surface area contributed by atoms with Crippen LogP contribution in [-0.2, 0) is 10.8 Å². The second kappa shape index (κ2) is 9.26. The number of anilines is 1. The van der Waals surface area contributed by atoms with E-state index in [0.717, 1.165) is 43.6 Å². The van der Waals surface area contributed by atoms with Crippen molar-refractivity contribution in [2.75, 3.05) is 57.5 Å².